The summed E-state index contributed by atoms with van der Waals surface area (Å²) in [5.41, 5.74) is 25.0. The smallest absolute Gasteiger partial charge is 0.136 e. The highest BCUT2D eigenvalue weighted by molar-refractivity contribution is 6.13. The molecule has 0 atom stereocenters. The van der Waals surface area contributed by atoms with Gasteiger partial charge in [-0.2, -0.15) is 0 Å². The summed E-state index contributed by atoms with van der Waals surface area (Å²) in [6.07, 6.45) is 7.03. The van der Waals surface area contributed by atoms with E-state index in [9.17, 15) is 0 Å². The van der Waals surface area contributed by atoms with E-state index in [2.05, 4.69) is 252 Å². The van der Waals surface area contributed by atoms with Gasteiger partial charge in [-0.1, -0.05) is 152 Å². The zero-order valence-corrected chi connectivity index (χ0v) is 43.7. The molecule has 5 aliphatic rings. The number of hydrogen-bond acceptors (Lipinski definition) is 1. The Bertz CT molecular complexity index is 4820. The zero-order chi connectivity index (χ0) is 51.5. The monoisotopic (exact) mass is 1010 g/mol. The summed E-state index contributed by atoms with van der Waals surface area (Å²) in [5, 5.41) is 7.24. The van der Waals surface area contributed by atoms with E-state index in [0.717, 1.165) is 57.0 Å². The minimum absolute atomic E-state index is 0.147. The third-order valence-electron chi connectivity index (χ3n) is 19.7. The van der Waals surface area contributed by atoms with Crippen LogP contribution in [0.1, 0.15) is 43.2 Å². The molecule has 0 unspecified atom stereocenters. The molecular weight excluding hydrogens is 957 g/mol. The summed E-state index contributed by atoms with van der Waals surface area (Å²) < 4.78 is 11.6. The van der Waals surface area contributed by atoms with Crippen molar-refractivity contribution in [3.63, 3.8) is 0 Å². The Morgan fingerprint density at radius 1 is 0.291 bits per heavy atom. The summed E-state index contributed by atoms with van der Waals surface area (Å²) in [6, 6.07) is 90.7. The van der Waals surface area contributed by atoms with Crippen molar-refractivity contribution < 1.29 is 4.42 Å². The van der Waals surface area contributed by atoms with Crippen LogP contribution in [0.3, 0.4) is 0 Å². The van der Waals surface area contributed by atoms with E-state index in [-0.39, 0.29) is 5.41 Å². The molecule has 3 aromatic heterocycles. The van der Waals surface area contributed by atoms with Crippen molar-refractivity contribution in [3.8, 4) is 67.0 Å². The van der Waals surface area contributed by atoms with Crippen LogP contribution in [-0.4, -0.2) is 9.13 Å². The van der Waals surface area contributed by atoms with Gasteiger partial charge >= 0.3 is 0 Å². The molecule has 0 saturated heterocycles. The van der Waals surface area contributed by atoms with Gasteiger partial charge in [0.25, 0.3) is 0 Å². The van der Waals surface area contributed by atoms with Gasteiger partial charge in [-0.15, -0.1) is 0 Å². The SMILES string of the molecule is c1ccc(-c2cccc(-c3ccc(-n4c5ccccc5c5cc(-c6ccc7c(c6)c6ccccc6n7-c6ccc7oc8cc(-c9ccc%10c(c9)C9(c%11ccccc%11-%10)C%10CC%11CC(C%10)CC9C%11)ccc8c7c6)ccc54)cc3)c2)cc1. The van der Waals surface area contributed by atoms with E-state index in [0.29, 0.717) is 0 Å². The van der Waals surface area contributed by atoms with Gasteiger partial charge in [0.15, 0.2) is 0 Å². The lowest BCUT2D eigenvalue weighted by atomic mass is 9.43. The van der Waals surface area contributed by atoms with Gasteiger partial charge in [-0.05, 0) is 214 Å². The first-order valence-corrected chi connectivity index (χ1v) is 28.6. The van der Waals surface area contributed by atoms with Crippen LogP contribution in [0.25, 0.3) is 133 Å². The van der Waals surface area contributed by atoms with Gasteiger partial charge in [0.1, 0.15) is 11.2 Å². The molecule has 11 aromatic carbocycles. The number of benzene rings is 11. The first-order chi connectivity index (χ1) is 39.1. The van der Waals surface area contributed by atoms with E-state index in [1.165, 1.54) is 131 Å². The number of fused-ring (bicyclic) bond motifs is 12. The molecule has 1 spiro atoms. The van der Waals surface area contributed by atoms with Gasteiger partial charge in [0, 0.05) is 49.1 Å². The Kier molecular flexibility index (Phi) is 9.12. The van der Waals surface area contributed by atoms with Crippen LogP contribution in [-0.2, 0) is 5.41 Å². The topological polar surface area (TPSA) is 23.0 Å². The predicted octanol–water partition coefficient (Wildman–Crippen LogP) is 20.2. The fraction of sp³-hybridized carbons (Fsp3) is 0.132. The van der Waals surface area contributed by atoms with E-state index in [1.54, 1.807) is 11.1 Å². The van der Waals surface area contributed by atoms with Gasteiger partial charge in [0.05, 0.1) is 22.1 Å². The number of aromatic nitrogens is 2. The number of furan rings is 1. The molecule has 4 saturated carbocycles. The third kappa shape index (κ3) is 6.30. The van der Waals surface area contributed by atoms with Crippen molar-refractivity contribution in [2.75, 3.05) is 0 Å². The Morgan fingerprint density at radius 2 is 0.797 bits per heavy atom. The second-order valence-electron chi connectivity index (χ2n) is 23.6. The highest BCUT2D eigenvalue weighted by atomic mass is 16.3. The third-order valence-corrected chi connectivity index (χ3v) is 19.7. The van der Waals surface area contributed by atoms with Crippen molar-refractivity contribution in [1.29, 1.82) is 0 Å². The van der Waals surface area contributed by atoms with Crippen LogP contribution in [0.15, 0.2) is 247 Å². The summed E-state index contributed by atoms with van der Waals surface area (Å²) in [7, 11) is 0. The molecule has 5 aliphatic carbocycles. The maximum Gasteiger partial charge on any atom is 0.136 e. The standard InChI is InChI=1S/C76H54N2O/c1-2-11-48(12-3-1)50-13-10-14-51(40-50)49-21-27-58(28-22-49)77-70-19-8-5-16-62(70)65-41-52(25-32-72(65)77)53-26-33-73-66(42-53)63-17-6-9-20-71(63)78(73)59-29-34-74-67(45-59)64-31-24-55(44-75(64)79-74)54-23-30-61-60-15-4-7-18-68(60)76(69(61)43-54)56-36-46-35-47(38-56)39-57(76)37-46/h1-34,40-47,56-57H,35-39H2. The molecule has 3 heterocycles. The van der Waals surface area contributed by atoms with Crippen LogP contribution in [0.2, 0.25) is 0 Å². The van der Waals surface area contributed by atoms with Crippen molar-refractivity contribution in [2.24, 2.45) is 23.7 Å². The number of rotatable bonds is 6. The van der Waals surface area contributed by atoms with Crippen molar-refractivity contribution in [1.82, 2.24) is 9.13 Å². The second-order valence-corrected chi connectivity index (χ2v) is 23.6. The molecule has 4 bridgehead atoms. The van der Waals surface area contributed by atoms with Gasteiger partial charge in [-0.3, -0.25) is 0 Å². The summed E-state index contributed by atoms with van der Waals surface area (Å²) >= 11 is 0. The van der Waals surface area contributed by atoms with Gasteiger partial charge in [-0.25, -0.2) is 0 Å². The molecule has 3 heteroatoms. The molecule has 374 valence electrons. The van der Waals surface area contributed by atoms with E-state index < -0.39 is 0 Å². The molecule has 14 aromatic rings. The van der Waals surface area contributed by atoms with Crippen molar-refractivity contribution >= 4 is 65.6 Å². The highest BCUT2D eigenvalue weighted by Crippen LogP contribution is 2.69. The molecule has 19 rings (SSSR count). The highest BCUT2D eigenvalue weighted by Gasteiger charge is 2.61. The molecule has 0 N–H and O–H groups in total. The summed E-state index contributed by atoms with van der Waals surface area (Å²) in [6.45, 7) is 0. The van der Waals surface area contributed by atoms with Crippen LogP contribution in [0.5, 0.6) is 0 Å². The van der Waals surface area contributed by atoms with Crippen LogP contribution in [0.4, 0.5) is 0 Å². The Labute approximate surface area is 458 Å². The zero-order valence-electron chi connectivity index (χ0n) is 43.7. The quantitative estimate of drug-likeness (QED) is 0.163. The molecule has 4 fully saturated rings. The molecular formula is C76H54N2O. The molecule has 79 heavy (non-hydrogen) atoms. The molecule has 0 amide bonds. The van der Waals surface area contributed by atoms with Gasteiger partial charge in [0.2, 0.25) is 0 Å². The number of para-hydroxylation sites is 2. The largest absolute Gasteiger partial charge is 0.456 e. The number of nitrogens with zero attached hydrogens (tertiary/aromatic N) is 2. The molecule has 0 radical (unpaired) electrons. The van der Waals surface area contributed by atoms with Crippen LogP contribution in [0, 0.1) is 23.7 Å². The summed E-state index contributed by atoms with van der Waals surface area (Å²) in [5.74, 6) is 3.33. The lowest BCUT2D eigenvalue weighted by Gasteiger charge is -2.61. The van der Waals surface area contributed by atoms with Crippen LogP contribution < -0.4 is 0 Å². The maximum absolute atomic E-state index is 6.77. The Hall–Kier alpha value is -9.18. The minimum Gasteiger partial charge on any atom is -0.456 e. The fourth-order valence-electron chi connectivity index (χ4n) is 16.6. The summed E-state index contributed by atoms with van der Waals surface area (Å²) in [4.78, 5) is 0. The average Bonchev–Trinajstić information content (AvgIpc) is 4.13. The second kappa shape index (κ2) is 16.4. The van der Waals surface area contributed by atoms with Crippen LogP contribution >= 0.6 is 0 Å². The van der Waals surface area contributed by atoms with Crippen molar-refractivity contribution in [3.05, 3.63) is 254 Å². The van der Waals surface area contributed by atoms with E-state index in [1.807, 2.05) is 0 Å². The first kappa shape index (κ1) is 43.9. The van der Waals surface area contributed by atoms with Crippen molar-refractivity contribution in [2.45, 2.75) is 37.5 Å². The van der Waals surface area contributed by atoms with E-state index in [4.69, 9.17) is 4.42 Å². The fourth-order valence-corrected chi connectivity index (χ4v) is 16.6. The maximum atomic E-state index is 6.77. The average molecular weight is 1010 g/mol. The lowest BCUT2D eigenvalue weighted by molar-refractivity contribution is -0.0399. The van der Waals surface area contributed by atoms with Gasteiger partial charge < -0.3 is 13.6 Å². The number of hydrogen-bond donors (Lipinski definition) is 0. The lowest BCUT2D eigenvalue weighted by Crippen LogP contribution is -2.55. The first-order valence-electron chi connectivity index (χ1n) is 28.6. The molecule has 3 nitrogen and oxygen atoms in total. The molecule has 0 aliphatic heterocycles. The predicted molar refractivity (Wildman–Crippen MR) is 327 cm³/mol. The Balaban J connectivity index is 0.691. The van der Waals surface area contributed by atoms with E-state index >= 15 is 0 Å². The minimum atomic E-state index is 0.147. The Morgan fingerprint density at radius 3 is 1.51 bits per heavy atom. The normalized spacial score (nSPS) is 19.9.